The molecular formula is C9H6BrClN4O2. The molecule has 0 aliphatic heterocycles. The van der Waals surface area contributed by atoms with Gasteiger partial charge in [-0.25, -0.2) is 4.68 Å². The molecule has 88 valence electrons. The SMILES string of the molecule is O=[N+]([O-])c1cc(-n2cc(CBr)nn2)ccc1Cl. The van der Waals surface area contributed by atoms with Crippen LogP contribution in [0.5, 0.6) is 0 Å². The fourth-order valence-corrected chi connectivity index (χ4v) is 1.71. The third kappa shape index (κ3) is 2.45. The first-order valence-corrected chi connectivity index (χ1v) is 6.03. The summed E-state index contributed by atoms with van der Waals surface area (Å²) in [6, 6.07) is 4.46. The molecular weight excluding hydrogens is 311 g/mol. The second-order valence-electron chi connectivity index (χ2n) is 3.18. The number of alkyl halides is 1. The lowest BCUT2D eigenvalue weighted by Gasteiger charge is -2.00. The van der Waals surface area contributed by atoms with E-state index in [1.54, 1.807) is 12.3 Å². The van der Waals surface area contributed by atoms with Gasteiger partial charge in [0.2, 0.25) is 0 Å². The van der Waals surface area contributed by atoms with Crippen LogP contribution in [0.1, 0.15) is 5.69 Å². The molecule has 1 aromatic heterocycles. The van der Waals surface area contributed by atoms with Crippen molar-refractivity contribution in [2.24, 2.45) is 0 Å². The lowest BCUT2D eigenvalue weighted by atomic mass is 10.3. The van der Waals surface area contributed by atoms with E-state index >= 15 is 0 Å². The van der Waals surface area contributed by atoms with Crippen LogP contribution in [-0.2, 0) is 5.33 Å². The average molecular weight is 318 g/mol. The van der Waals surface area contributed by atoms with Gasteiger partial charge >= 0.3 is 0 Å². The minimum Gasteiger partial charge on any atom is -0.258 e. The van der Waals surface area contributed by atoms with Gasteiger partial charge < -0.3 is 0 Å². The zero-order valence-corrected chi connectivity index (χ0v) is 10.7. The van der Waals surface area contributed by atoms with Gasteiger partial charge in [-0.15, -0.1) is 5.10 Å². The number of nitro benzene ring substituents is 1. The average Bonchev–Trinajstić information content (AvgIpc) is 2.78. The van der Waals surface area contributed by atoms with Crippen molar-refractivity contribution in [3.8, 4) is 5.69 Å². The Bertz CT molecular complexity index is 572. The van der Waals surface area contributed by atoms with E-state index in [-0.39, 0.29) is 10.7 Å². The van der Waals surface area contributed by atoms with E-state index in [4.69, 9.17) is 11.6 Å². The summed E-state index contributed by atoms with van der Waals surface area (Å²) in [4.78, 5) is 10.2. The van der Waals surface area contributed by atoms with Crippen molar-refractivity contribution >= 4 is 33.2 Å². The largest absolute Gasteiger partial charge is 0.290 e. The maximum Gasteiger partial charge on any atom is 0.290 e. The van der Waals surface area contributed by atoms with Gasteiger partial charge in [-0.2, -0.15) is 0 Å². The molecule has 0 N–H and O–H groups in total. The van der Waals surface area contributed by atoms with Crippen LogP contribution < -0.4 is 0 Å². The van der Waals surface area contributed by atoms with Crippen molar-refractivity contribution in [3.05, 3.63) is 45.2 Å². The van der Waals surface area contributed by atoms with Gasteiger partial charge in [0.25, 0.3) is 5.69 Å². The van der Waals surface area contributed by atoms with E-state index in [0.29, 0.717) is 11.0 Å². The molecule has 0 saturated carbocycles. The van der Waals surface area contributed by atoms with Gasteiger partial charge in [0.1, 0.15) is 5.02 Å². The standard InChI is InChI=1S/C9H6BrClN4O2/c10-4-6-5-14(13-12-6)7-1-2-8(11)9(3-7)15(16)17/h1-3,5H,4H2. The molecule has 0 fully saturated rings. The number of rotatable bonds is 3. The predicted molar refractivity (Wildman–Crippen MR) is 65.7 cm³/mol. The zero-order chi connectivity index (χ0) is 12.4. The van der Waals surface area contributed by atoms with Crippen LogP contribution in [0.15, 0.2) is 24.4 Å². The van der Waals surface area contributed by atoms with Crippen LogP contribution in [0, 0.1) is 10.1 Å². The molecule has 0 saturated heterocycles. The molecule has 2 rings (SSSR count). The Labute approximate surface area is 109 Å². The first-order valence-electron chi connectivity index (χ1n) is 4.53. The molecule has 0 radical (unpaired) electrons. The molecule has 1 aromatic carbocycles. The highest BCUT2D eigenvalue weighted by molar-refractivity contribution is 9.08. The monoisotopic (exact) mass is 316 g/mol. The first-order chi connectivity index (χ1) is 8.11. The van der Waals surface area contributed by atoms with Gasteiger partial charge in [0.05, 0.1) is 22.5 Å². The summed E-state index contributed by atoms with van der Waals surface area (Å²) in [5, 5.41) is 19.1. The summed E-state index contributed by atoms with van der Waals surface area (Å²) in [6.45, 7) is 0. The zero-order valence-electron chi connectivity index (χ0n) is 8.38. The lowest BCUT2D eigenvalue weighted by molar-refractivity contribution is -0.384. The number of nitrogens with zero attached hydrogens (tertiary/aromatic N) is 4. The molecule has 0 spiro atoms. The Morgan fingerprint density at radius 1 is 1.53 bits per heavy atom. The Morgan fingerprint density at radius 2 is 2.29 bits per heavy atom. The smallest absolute Gasteiger partial charge is 0.258 e. The van der Waals surface area contributed by atoms with Crippen molar-refractivity contribution in [3.63, 3.8) is 0 Å². The van der Waals surface area contributed by atoms with Gasteiger partial charge in [-0.3, -0.25) is 10.1 Å². The molecule has 1 heterocycles. The van der Waals surface area contributed by atoms with Crippen molar-refractivity contribution in [1.29, 1.82) is 0 Å². The maximum absolute atomic E-state index is 10.7. The van der Waals surface area contributed by atoms with Crippen LogP contribution >= 0.6 is 27.5 Å². The van der Waals surface area contributed by atoms with E-state index in [1.165, 1.54) is 16.8 Å². The van der Waals surface area contributed by atoms with Crippen LogP contribution in [0.2, 0.25) is 5.02 Å². The summed E-state index contributed by atoms with van der Waals surface area (Å²) >= 11 is 8.96. The van der Waals surface area contributed by atoms with Gasteiger partial charge in [-0.05, 0) is 12.1 Å². The van der Waals surface area contributed by atoms with Crippen molar-refractivity contribution < 1.29 is 4.92 Å². The Kier molecular flexibility index (Phi) is 3.39. The lowest BCUT2D eigenvalue weighted by Crippen LogP contribution is -1.97. The highest BCUT2D eigenvalue weighted by atomic mass is 79.9. The molecule has 0 amide bonds. The molecule has 0 atom stereocenters. The molecule has 0 aliphatic carbocycles. The molecule has 17 heavy (non-hydrogen) atoms. The van der Waals surface area contributed by atoms with Crippen molar-refractivity contribution in [2.75, 3.05) is 0 Å². The molecule has 2 aromatic rings. The van der Waals surface area contributed by atoms with E-state index in [2.05, 4.69) is 26.2 Å². The summed E-state index contributed by atoms with van der Waals surface area (Å²) in [5.74, 6) is 0. The van der Waals surface area contributed by atoms with Gasteiger partial charge in [0, 0.05) is 11.4 Å². The van der Waals surface area contributed by atoms with Crippen molar-refractivity contribution in [2.45, 2.75) is 5.33 Å². The van der Waals surface area contributed by atoms with Gasteiger partial charge in [-0.1, -0.05) is 32.7 Å². The minimum atomic E-state index is -0.534. The quantitative estimate of drug-likeness (QED) is 0.495. The summed E-state index contributed by atoms with van der Waals surface area (Å²) in [6.07, 6.45) is 1.68. The summed E-state index contributed by atoms with van der Waals surface area (Å²) in [7, 11) is 0. The second-order valence-corrected chi connectivity index (χ2v) is 4.15. The molecule has 0 unspecified atom stereocenters. The third-order valence-corrected chi connectivity index (χ3v) is 2.96. The van der Waals surface area contributed by atoms with Gasteiger partial charge in [0.15, 0.2) is 0 Å². The van der Waals surface area contributed by atoms with E-state index < -0.39 is 4.92 Å². The first kappa shape index (κ1) is 12.0. The number of aromatic nitrogens is 3. The third-order valence-electron chi connectivity index (χ3n) is 2.07. The number of halogens is 2. The summed E-state index contributed by atoms with van der Waals surface area (Å²) < 4.78 is 1.46. The highest BCUT2D eigenvalue weighted by Gasteiger charge is 2.14. The fourth-order valence-electron chi connectivity index (χ4n) is 1.27. The van der Waals surface area contributed by atoms with Crippen molar-refractivity contribution in [1.82, 2.24) is 15.0 Å². The number of benzene rings is 1. The minimum absolute atomic E-state index is 0.0968. The van der Waals surface area contributed by atoms with Crippen LogP contribution in [-0.4, -0.2) is 19.9 Å². The van der Waals surface area contributed by atoms with Crippen LogP contribution in [0.25, 0.3) is 5.69 Å². The predicted octanol–water partition coefficient (Wildman–Crippen LogP) is 2.72. The van der Waals surface area contributed by atoms with E-state index in [9.17, 15) is 10.1 Å². The fraction of sp³-hybridized carbons (Fsp3) is 0.111. The van der Waals surface area contributed by atoms with E-state index in [1.807, 2.05) is 0 Å². The second kappa shape index (κ2) is 4.80. The Hall–Kier alpha value is -1.47. The highest BCUT2D eigenvalue weighted by Crippen LogP contribution is 2.26. The number of hydrogen-bond donors (Lipinski definition) is 0. The van der Waals surface area contributed by atoms with E-state index in [0.717, 1.165) is 5.69 Å². The normalized spacial score (nSPS) is 10.5. The summed E-state index contributed by atoms with van der Waals surface area (Å²) in [5.41, 5.74) is 1.13. The molecule has 8 heteroatoms. The van der Waals surface area contributed by atoms with Crippen LogP contribution in [0.3, 0.4) is 0 Å². The molecule has 0 aliphatic rings. The number of hydrogen-bond acceptors (Lipinski definition) is 4. The molecule has 6 nitrogen and oxygen atoms in total. The molecule has 0 bridgehead atoms. The topological polar surface area (TPSA) is 73.8 Å². The van der Waals surface area contributed by atoms with Crippen LogP contribution in [0.4, 0.5) is 5.69 Å². The number of nitro groups is 1. The maximum atomic E-state index is 10.7. The Morgan fingerprint density at radius 3 is 2.88 bits per heavy atom. The Balaban J connectivity index is 2.46.